The fraction of sp³-hybridized carbons (Fsp3) is 0.697. The van der Waals surface area contributed by atoms with Gasteiger partial charge in [-0.3, -0.25) is 58.1 Å². The predicted octanol–water partition coefficient (Wildman–Crippen LogP) is 6.31. The second-order valence-corrected chi connectivity index (χ2v) is 30.5. The number of hydrogen-bond acceptors (Lipinski definition) is 14. The van der Waals surface area contributed by atoms with Crippen molar-refractivity contribution in [3.8, 4) is 0 Å². The van der Waals surface area contributed by atoms with Crippen molar-refractivity contribution in [3.05, 3.63) is 70.3 Å². The number of aryl methyl sites for hydroxylation is 1. The number of likely N-dealkylation sites (N-methyl/N-ethyl adjacent to an activating group) is 5. The second kappa shape index (κ2) is 37.8. The normalized spacial score (nSPS) is 27.8. The lowest BCUT2D eigenvalue weighted by Gasteiger charge is -2.42. The fourth-order valence-corrected chi connectivity index (χ4v) is 16.1. The first-order valence-electron chi connectivity index (χ1n) is 38.1. The fourth-order valence-electron chi connectivity index (χ4n) is 16.1. The van der Waals surface area contributed by atoms with Crippen LogP contribution >= 0.6 is 0 Å². The van der Waals surface area contributed by atoms with E-state index in [1.54, 1.807) is 14.0 Å². The van der Waals surface area contributed by atoms with Crippen LogP contribution in [0.1, 0.15) is 166 Å². The number of halogens is 8. The number of benzene rings is 2. The topological polar surface area (TPSA) is 271 Å². The predicted molar refractivity (Wildman–Crippen MR) is 382 cm³/mol. The van der Waals surface area contributed by atoms with E-state index in [0.29, 0.717) is 82.8 Å². The molecule has 4 bridgehead atoms. The maximum atomic E-state index is 15.9. The van der Waals surface area contributed by atoms with Gasteiger partial charge in [0.2, 0.25) is 65.0 Å². The van der Waals surface area contributed by atoms with Gasteiger partial charge in [-0.05, 0) is 119 Å². The largest absolute Gasteiger partial charge is 0.422 e. The van der Waals surface area contributed by atoms with Gasteiger partial charge in [-0.2, -0.15) is 26.3 Å². The van der Waals surface area contributed by atoms with Crippen molar-refractivity contribution in [1.82, 2.24) is 60.0 Å². The number of carbonyl (C=O) groups is 11. The van der Waals surface area contributed by atoms with E-state index in [0.717, 1.165) is 39.0 Å². The molecule has 2 aromatic rings. The summed E-state index contributed by atoms with van der Waals surface area (Å²) in [4.78, 5) is 180. The first-order valence-corrected chi connectivity index (χ1v) is 38.1. The number of hydrogen-bond donors (Lipinski definition) is 3. The minimum absolute atomic E-state index is 0.0358. The molecule has 3 N–H and O–H groups in total. The van der Waals surface area contributed by atoms with Gasteiger partial charge in [-0.15, -0.1) is 0 Å². The number of nitrogens with zero attached hydrogens (tertiary/aromatic N) is 9. The third kappa shape index (κ3) is 21.3. The van der Waals surface area contributed by atoms with Gasteiger partial charge >= 0.3 is 12.4 Å². The van der Waals surface area contributed by atoms with E-state index in [4.69, 9.17) is 9.47 Å². The van der Waals surface area contributed by atoms with E-state index in [1.807, 2.05) is 13.8 Å². The molecule has 0 spiro atoms. The highest BCUT2D eigenvalue weighted by Gasteiger charge is 2.51. The van der Waals surface area contributed by atoms with Crippen molar-refractivity contribution in [2.75, 3.05) is 101 Å². The number of morpholine rings is 1. The summed E-state index contributed by atoms with van der Waals surface area (Å²) in [6, 6.07) is -5.34. The van der Waals surface area contributed by atoms with Crippen molar-refractivity contribution in [1.29, 1.82) is 0 Å². The maximum absolute atomic E-state index is 15.9. The molecule has 1 saturated carbocycles. The summed E-state index contributed by atoms with van der Waals surface area (Å²) in [6.07, 6.45) is -8.48. The number of carbonyl (C=O) groups excluding carboxylic acids is 11. The molecule has 5 saturated heterocycles. The molecule has 6 fully saturated rings. The molecule has 2 aromatic carbocycles. The Morgan fingerprint density at radius 2 is 1.27 bits per heavy atom. The lowest BCUT2D eigenvalue weighted by atomic mass is 9.88. The van der Waals surface area contributed by atoms with E-state index >= 15 is 51.9 Å². The van der Waals surface area contributed by atoms with Crippen LogP contribution in [0.3, 0.4) is 0 Å². The molecular weight excluding hydrogens is 1440 g/mol. The second-order valence-electron chi connectivity index (χ2n) is 30.5. The highest BCUT2D eigenvalue weighted by Crippen LogP contribution is 2.37. The zero-order chi connectivity index (χ0) is 80.1. The summed E-state index contributed by atoms with van der Waals surface area (Å²) in [6.45, 7) is 5.56. The number of fused-ring (bicyclic) bond motifs is 11. The Labute approximate surface area is 632 Å². The van der Waals surface area contributed by atoms with Gasteiger partial charge in [0.1, 0.15) is 59.0 Å². The monoisotopic (exact) mass is 1550 g/mol. The molecule has 8 rings (SSSR count). The van der Waals surface area contributed by atoms with E-state index in [9.17, 15) is 35.9 Å². The first-order chi connectivity index (χ1) is 51.4. The Hall–Kier alpha value is -8.07. The average molecular weight is 1550 g/mol. The molecule has 5 aliphatic heterocycles. The Balaban J connectivity index is 1.27. The lowest BCUT2D eigenvalue weighted by Crippen LogP contribution is -2.65. The van der Waals surface area contributed by atoms with Gasteiger partial charge in [0.15, 0.2) is 0 Å². The molecule has 0 radical (unpaired) electrons. The summed E-state index contributed by atoms with van der Waals surface area (Å²) in [5.74, 6) is -13.4. The van der Waals surface area contributed by atoms with Crippen LogP contribution in [-0.4, -0.2) is 271 Å². The van der Waals surface area contributed by atoms with Gasteiger partial charge in [0.05, 0.1) is 56.6 Å². The minimum Gasteiger partial charge on any atom is -0.378 e. The molecule has 1 aliphatic carbocycles. The zero-order valence-electron chi connectivity index (χ0n) is 64.2. The van der Waals surface area contributed by atoms with E-state index in [1.165, 1.54) is 71.6 Å². The summed E-state index contributed by atoms with van der Waals surface area (Å²) in [5.41, 5.74) is -5.32. The molecule has 6 aliphatic rings. The van der Waals surface area contributed by atoms with Crippen molar-refractivity contribution < 1.29 is 97.3 Å². The van der Waals surface area contributed by atoms with Gasteiger partial charge < -0.3 is 64.2 Å². The number of alkyl halides is 6. The smallest absolute Gasteiger partial charge is 0.378 e. The highest BCUT2D eigenvalue weighted by atomic mass is 19.4. The molecule has 5 heterocycles. The molecule has 25 nitrogen and oxygen atoms in total. The number of amides is 11. The van der Waals surface area contributed by atoms with Crippen LogP contribution in [0.25, 0.3) is 0 Å². The Morgan fingerprint density at radius 1 is 0.651 bits per heavy atom. The van der Waals surface area contributed by atoms with Gasteiger partial charge in [0, 0.05) is 87.9 Å². The minimum atomic E-state index is -5.45. The molecule has 11 amide bonds. The molecule has 606 valence electrons. The van der Waals surface area contributed by atoms with Gasteiger partial charge in [-0.1, -0.05) is 77.3 Å². The molecular formula is C76H108F8N12O13. The Morgan fingerprint density at radius 3 is 1.89 bits per heavy atom. The maximum Gasteiger partial charge on any atom is 0.422 e. The first kappa shape index (κ1) is 86.5. The SMILES string of the molecule is CCO[C@@H]1C[C@H]2C(=O)N[C@@]3(C)CCCCCCC[C@H](N[C@@H]([C@@H](C)CC)C(=O)N(C)CC(=O)N(C)[C@H]4CCCCN(C4=O)[C@@H](Cc4ccc(C(F)(F)F)cc4)C(=O)N(C)CC(=O)N[C@@H](CCc4cc(F)c(C(F)(F)F)c(F)c4)C(=O)N2C1)N(C)C(=O)C[C@@H](C(=O)N1CCOCC1)N(C)C(=O)[C@H](C1CCCC1)N(C)C3=O. The zero-order valence-corrected chi connectivity index (χ0v) is 64.2. The number of ether oxygens (including phenoxy) is 2. The Kier molecular flexibility index (Phi) is 30.0. The van der Waals surface area contributed by atoms with Crippen LogP contribution in [0.15, 0.2) is 36.4 Å². The summed E-state index contributed by atoms with van der Waals surface area (Å²) >= 11 is 0. The quantitative estimate of drug-likeness (QED) is 0.208. The lowest BCUT2D eigenvalue weighted by molar-refractivity contribution is -0.157. The van der Waals surface area contributed by atoms with Crippen molar-refractivity contribution >= 4 is 65.0 Å². The Bertz CT molecular complexity index is 3560. The standard InChI is InChI=1S/C76H108F8N12O13/c1-11-46(3)64-71(105)89(6)45-62(99)90(7)55-24-19-21-33-95(70(55)104)58(40-47-26-29-50(30-27-47)75(79,80)81)68(102)88(5)44-60(97)85-54(31-28-48-38-52(77)63(53(78)39-48)76(82,83)84)67(101)96-43-51(109-12-2)41-56(96)66(100)87-74(4)32-20-15-13-14-16-25-59(86-64)92(9)61(98)42-57(69(103)94-34-36-108-37-35-94)91(8)72(106)65(93(10)73(74)107)49-22-17-18-23-49/h26-27,29-30,38-39,46,49,51,54-59,64-65,86H,11-25,28,31-37,40-45H2,1-10H3,(H,85,97)(H,87,100)/t46-,51+,54-,55-,56-,57-,58-,59+,64-,65-,74-/m0/s1. The van der Waals surface area contributed by atoms with Crippen molar-refractivity contribution in [2.24, 2.45) is 11.8 Å². The van der Waals surface area contributed by atoms with Crippen molar-refractivity contribution in [2.45, 2.75) is 229 Å². The summed E-state index contributed by atoms with van der Waals surface area (Å²) in [7, 11) is 8.34. The summed E-state index contributed by atoms with van der Waals surface area (Å²) < 4.78 is 126. The van der Waals surface area contributed by atoms with E-state index in [2.05, 4.69) is 16.0 Å². The van der Waals surface area contributed by atoms with E-state index < -0.39 is 211 Å². The van der Waals surface area contributed by atoms with Crippen LogP contribution < -0.4 is 16.0 Å². The molecule has 0 unspecified atom stereocenters. The molecule has 0 aromatic heterocycles. The highest BCUT2D eigenvalue weighted by molar-refractivity contribution is 6.00. The molecule has 33 heteroatoms. The van der Waals surface area contributed by atoms with Crippen LogP contribution in [0.5, 0.6) is 0 Å². The third-order valence-electron chi connectivity index (χ3n) is 22.8. The van der Waals surface area contributed by atoms with Crippen molar-refractivity contribution in [3.63, 3.8) is 0 Å². The molecule has 11 atom stereocenters. The number of rotatable bonds is 11. The molecule has 109 heavy (non-hydrogen) atoms. The van der Waals surface area contributed by atoms with Crippen LogP contribution in [0, 0.1) is 23.5 Å². The van der Waals surface area contributed by atoms with Gasteiger partial charge in [0.25, 0.3) is 0 Å². The van der Waals surface area contributed by atoms with Crippen LogP contribution in [0.4, 0.5) is 35.1 Å². The van der Waals surface area contributed by atoms with Gasteiger partial charge in [-0.25, -0.2) is 8.78 Å². The average Bonchev–Trinajstić information content (AvgIpc) is 1.78. The van der Waals surface area contributed by atoms with E-state index in [-0.39, 0.29) is 89.2 Å². The third-order valence-corrected chi connectivity index (χ3v) is 22.8. The number of nitrogens with one attached hydrogen (secondary N) is 3. The van der Waals surface area contributed by atoms with Crippen LogP contribution in [-0.2, 0) is 87.4 Å². The van der Waals surface area contributed by atoms with Crippen LogP contribution in [0.2, 0.25) is 0 Å². The summed E-state index contributed by atoms with van der Waals surface area (Å²) in [5, 5.41) is 9.03.